The zero-order valence-corrected chi connectivity index (χ0v) is 50.9. The van der Waals surface area contributed by atoms with Gasteiger partial charge in [0.05, 0.1) is 0 Å². The Balaban J connectivity index is 0.000000116. The van der Waals surface area contributed by atoms with Crippen LogP contribution in [0.1, 0.15) is 83.5 Å². The monoisotopic (exact) mass is 1230 g/mol. The zero-order valence-electron chi connectivity index (χ0n) is 50.9. The summed E-state index contributed by atoms with van der Waals surface area (Å²) in [6.07, 6.45) is 0. The maximum Gasteiger partial charge on any atom is 0.168 e. The fourth-order valence-corrected chi connectivity index (χ4v) is 11.4. The Hall–Kier alpha value is -9.50. The molecule has 90 heavy (non-hydrogen) atoms. The predicted molar refractivity (Wildman–Crippen MR) is 328 cm³/mol. The molecule has 0 N–H and O–H groups in total. The fourth-order valence-electron chi connectivity index (χ4n) is 11.4. The van der Waals surface area contributed by atoms with Crippen LogP contribution in [-0.4, -0.2) is 0 Å². The third-order valence-electron chi connectivity index (χ3n) is 16.9. The van der Waals surface area contributed by atoms with Crippen molar-refractivity contribution in [3.8, 4) is 84.4 Å². The number of hydrogen-bond acceptors (Lipinski definition) is 5. The van der Waals surface area contributed by atoms with Gasteiger partial charge in [-0.25, -0.2) is 43.9 Å². The molecule has 0 aromatic heterocycles. The molecule has 5 nitrogen and oxygen atoms in total. The van der Waals surface area contributed by atoms with E-state index in [1.165, 1.54) is 0 Å². The number of aryl methyl sites for hydroxylation is 10. The smallest absolute Gasteiger partial charge is 0.168 e. The Morgan fingerprint density at radius 2 is 0.300 bits per heavy atom. The SMILES string of the molecule is Cc1ccc2c(c1F)COc1c-2ccc(C)c1F.Cc1ccc2c(c1F)COc1c-2ccc(C)c1F.Cc1ccc2c(c1F)COc1c-2ccc(C)c1F.Cc1ccc2c(c1F)COc1c-2ccc(C)c1F.Cc1ccc2c(c1F)COc1c-2ccc(C)c1F. The van der Waals surface area contributed by atoms with Gasteiger partial charge in [-0.05, 0) is 153 Å². The summed E-state index contributed by atoms with van der Waals surface area (Å²) in [6.45, 7) is 17.4. The summed E-state index contributed by atoms with van der Waals surface area (Å²) in [5.41, 5.74) is 14.8. The van der Waals surface area contributed by atoms with Crippen LogP contribution in [0.15, 0.2) is 121 Å². The molecule has 0 amide bonds. The van der Waals surface area contributed by atoms with Gasteiger partial charge in [-0.1, -0.05) is 121 Å². The van der Waals surface area contributed by atoms with Gasteiger partial charge < -0.3 is 23.7 Å². The Bertz CT molecular complexity index is 3620. The second-order valence-electron chi connectivity index (χ2n) is 22.9. The average molecular weight is 1230 g/mol. The largest absolute Gasteiger partial charge is 0.485 e. The molecule has 0 fully saturated rings. The first-order valence-corrected chi connectivity index (χ1v) is 29.0. The molecule has 0 unspecified atom stereocenters. The summed E-state index contributed by atoms with van der Waals surface area (Å²) in [5.74, 6) is -2.00. The number of ether oxygens (including phenoxy) is 5. The topological polar surface area (TPSA) is 46.2 Å². The fraction of sp³-hybridized carbons (Fsp3) is 0.200. The van der Waals surface area contributed by atoms with Crippen LogP contribution in [0, 0.1) is 127 Å². The third-order valence-corrected chi connectivity index (χ3v) is 16.9. The highest BCUT2D eigenvalue weighted by Crippen LogP contribution is 2.47. The van der Waals surface area contributed by atoms with E-state index in [9.17, 15) is 43.9 Å². The van der Waals surface area contributed by atoms with E-state index in [0.717, 1.165) is 27.8 Å². The minimum absolute atomic E-state index is 0.0796. The van der Waals surface area contributed by atoms with E-state index >= 15 is 0 Å². The van der Waals surface area contributed by atoms with Crippen molar-refractivity contribution in [3.63, 3.8) is 0 Å². The molecular weight excluding hydrogens is 1170 g/mol. The van der Waals surface area contributed by atoms with E-state index in [2.05, 4.69) is 0 Å². The highest BCUT2D eigenvalue weighted by Gasteiger charge is 2.30. The van der Waals surface area contributed by atoms with E-state index < -0.39 is 0 Å². The van der Waals surface area contributed by atoms with E-state index in [1.807, 2.05) is 30.3 Å². The van der Waals surface area contributed by atoms with Crippen LogP contribution in [0.5, 0.6) is 28.7 Å². The number of hydrogen-bond donors (Lipinski definition) is 0. The van der Waals surface area contributed by atoms with Crippen molar-refractivity contribution in [2.75, 3.05) is 0 Å². The van der Waals surface area contributed by atoms with Crippen LogP contribution in [0.25, 0.3) is 55.6 Å². The predicted octanol–water partition coefficient (Wildman–Crippen LogP) is 20.7. The van der Waals surface area contributed by atoms with Crippen molar-refractivity contribution in [2.45, 2.75) is 102 Å². The van der Waals surface area contributed by atoms with Crippen LogP contribution in [0.3, 0.4) is 0 Å². The lowest BCUT2D eigenvalue weighted by molar-refractivity contribution is 0.280. The normalized spacial score (nSPS) is 12.7. The average Bonchev–Trinajstić information content (AvgIpc) is 1.05. The summed E-state index contributed by atoms with van der Waals surface area (Å²) >= 11 is 0. The van der Waals surface area contributed by atoms with Crippen molar-refractivity contribution in [3.05, 3.63) is 263 Å². The van der Waals surface area contributed by atoms with Crippen LogP contribution in [-0.2, 0) is 33.0 Å². The third kappa shape index (κ3) is 11.2. The Morgan fingerprint density at radius 3 is 0.444 bits per heavy atom. The van der Waals surface area contributed by atoms with E-state index in [4.69, 9.17) is 23.7 Å². The Kier molecular flexibility index (Phi) is 17.1. The molecule has 0 spiro atoms. The first kappa shape index (κ1) is 62.1. The van der Waals surface area contributed by atoms with Gasteiger partial charge in [-0.2, -0.15) is 0 Å². The molecule has 5 aliphatic heterocycles. The number of rotatable bonds is 0. The highest BCUT2D eigenvalue weighted by molar-refractivity contribution is 5.80. The minimum atomic E-state index is -0.362. The Labute approximate surface area is 515 Å². The van der Waals surface area contributed by atoms with Gasteiger partial charge in [0.15, 0.2) is 57.8 Å². The summed E-state index contributed by atoms with van der Waals surface area (Å²) < 4.78 is 167. The van der Waals surface area contributed by atoms with Crippen molar-refractivity contribution in [1.29, 1.82) is 0 Å². The van der Waals surface area contributed by atoms with E-state index in [0.29, 0.717) is 111 Å². The molecule has 460 valence electrons. The molecule has 0 saturated heterocycles. The van der Waals surface area contributed by atoms with Gasteiger partial charge in [-0.15, -0.1) is 0 Å². The lowest BCUT2D eigenvalue weighted by Crippen LogP contribution is -2.10. The van der Waals surface area contributed by atoms with Crippen molar-refractivity contribution in [2.24, 2.45) is 0 Å². The number of fused-ring (bicyclic) bond motifs is 15. The van der Waals surface area contributed by atoms with Crippen LogP contribution < -0.4 is 23.7 Å². The molecule has 5 heterocycles. The van der Waals surface area contributed by atoms with Crippen LogP contribution in [0.2, 0.25) is 0 Å². The van der Waals surface area contributed by atoms with Crippen LogP contribution in [0.4, 0.5) is 43.9 Å². The molecule has 0 aliphatic carbocycles. The van der Waals surface area contributed by atoms with Gasteiger partial charge >= 0.3 is 0 Å². The quantitative estimate of drug-likeness (QED) is 0.142. The van der Waals surface area contributed by atoms with Crippen LogP contribution >= 0.6 is 0 Å². The molecular formula is C75H60F10O5. The first-order valence-electron chi connectivity index (χ1n) is 29.0. The van der Waals surface area contributed by atoms with Gasteiger partial charge in [-0.3, -0.25) is 0 Å². The van der Waals surface area contributed by atoms with E-state index in [1.54, 1.807) is 160 Å². The van der Waals surface area contributed by atoms with Crippen molar-refractivity contribution < 1.29 is 67.6 Å². The molecule has 0 bridgehead atoms. The molecule has 0 saturated carbocycles. The highest BCUT2D eigenvalue weighted by atomic mass is 19.2. The maximum absolute atomic E-state index is 14.0. The maximum atomic E-state index is 14.0. The van der Waals surface area contributed by atoms with E-state index in [-0.39, 0.29) is 120 Å². The minimum Gasteiger partial charge on any atom is -0.485 e. The summed E-state index contributed by atoms with van der Waals surface area (Å²) in [7, 11) is 0. The molecule has 0 atom stereocenters. The first-order chi connectivity index (χ1) is 43.0. The van der Waals surface area contributed by atoms with Gasteiger partial charge in [0.2, 0.25) is 0 Å². The molecule has 10 aromatic carbocycles. The molecule has 15 heteroatoms. The second-order valence-corrected chi connectivity index (χ2v) is 22.9. The lowest BCUT2D eigenvalue weighted by Gasteiger charge is -2.22. The molecule has 5 aliphatic rings. The number of benzene rings is 10. The molecule has 0 radical (unpaired) electrons. The molecule has 10 aromatic rings. The van der Waals surface area contributed by atoms with Crippen molar-refractivity contribution in [1.82, 2.24) is 0 Å². The summed E-state index contributed by atoms with van der Waals surface area (Å²) in [4.78, 5) is 0. The van der Waals surface area contributed by atoms with Gasteiger partial charge in [0, 0.05) is 55.6 Å². The van der Waals surface area contributed by atoms with Gasteiger partial charge in [0.25, 0.3) is 0 Å². The standard InChI is InChI=1S/5C15H12F2O/c5*1-8-3-5-10-11-6-4-9(2)14(17)15(11)18-7-12(10)13(8)16/h5*3-6H,7H2,1-2H3. The summed E-state index contributed by atoms with van der Waals surface area (Å²) in [6, 6.07) is 35.0. The van der Waals surface area contributed by atoms with Crippen molar-refractivity contribution >= 4 is 0 Å². The number of halogens is 10. The zero-order chi connectivity index (χ0) is 64.3. The molecule has 15 rings (SSSR count). The van der Waals surface area contributed by atoms with Gasteiger partial charge in [0.1, 0.15) is 62.1 Å². The second kappa shape index (κ2) is 24.8. The summed E-state index contributed by atoms with van der Waals surface area (Å²) in [5, 5.41) is 0. The Morgan fingerprint density at radius 1 is 0.178 bits per heavy atom. The lowest BCUT2D eigenvalue weighted by atomic mass is 9.94.